The Kier molecular flexibility index (Phi) is 5.13. The van der Waals surface area contributed by atoms with Gasteiger partial charge in [0, 0.05) is 26.8 Å². The van der Waals surface area contributed by atoms with Crippen molar-refractivity contribution in [3.05, 3.63) is 53.6 Å². The predicted molar refractivity (Wildman–Crippen MR) is 85.9 cm³/mol. The number of aliphatic carboxylic acids is 1. The molecule has 6 nitrogen and oxygen atoms in total. The van der Waals surface area contributed by atoms with Crippen LogP contribution in [0.3, 0.4) is 0 Å². The fourth-order valence-corrected chi connectivity index (χ4v) is 2.20. The van der Waals surface area contributed by atoms with Crippen molar-refractivity contribution in [3.8, 4) is 0 Å². The van der Waals surface area contributed by atoms with E-state index >= 15 is 0 Å². The number of carbonyl (C=O) groups excluding carboxylic acids is 2. The highest BCUT2D eigenvalue weighted by Crippen LogP contribution is 2.20. The molecule has 2 rings (SSSR count). The van der Waals surface area contributed by atoms with E-state index in [-0.39, 0.29) is 11.5 Å². The largest absolute Gasteiger partial charge is 0.475 e. The molecule has 0 bridgehead atoms. The van der Waals surface area contributed by atoms with Gasteiger partial charge in [0.25, 0.3) is 0 Å². The summed E-state index contributed by atoms with van der Waals surface area (Å²) < 4.78 is 14.6. The lowest BCUT2D eigenvalue weighted by molar-refractivity contribution is -0.148. The number of Topliss-reactive ketones (excluding diaryl/α,β-unsaturated/α-hetero) is 2. The Balaban J connectivity index is 2.31. The third-order valence-electron chi connectivity index (χ3n) is 3.51. The first-order valence-electron chi connectivity index (χ1n) is 7.19. The van der Waals surface area contributed by atoms with Crippen molar-refractivity contribution in [2.75, 3.05) is 19.0 Å². The molecular formula is C17H17FN2O4. The Morgan fingerprint density at radius 1 is 1.17 bits per heavy atom. The normalized spacial score (nSPS) is 10.5. The Bertz CT molecular complexity index is 778. The van der Waals surface area contributed by atoms with Crippen LogP contribution in [0, 0.1) is 5.82 Å². The molecule has 1 heterocycles. The van der Waals surface area contributed by atoms with Crippen LogP contribution >= 0.6 is 0 Å². The Morgan fingerprint density at radius 3 is 2.33 bits per heavy atom. The maximum Gasteiger partial charge on any atom is 0.372 e. The minimum atomic E-state index is -1.63. The monoisotopic (exact) mass is 332 g/mol. The number of benzene rings is 1. The first kappa shape index (κ1) is 17.4. The highest BCUT2D eigenvalue weighted by atomic mass is 19.1. The van der Waals surface area contributed by atoms with E-state index in [0.717, 1.165) is 11.3 Å². The fourth-order valence-electron chi connectivity index (χ4n) is 2.20. The molecule has 0 saturated heterocycles. The minimum Gasteiger partial charge on any atom is -0.475 e. The SMILES string of the molecule is CN(C)c1cc(C(=O)CC(=O)C(=O)O)n(Cc2ccc(F)cc2)c1. The highest BCUT2D eigenvalue weighted by Gasteiger charge is 2.21. The number of hydrogen-bond acceptors (Lipinski definition) is 4. The summed E-state index contributed by atoms with van der Waals surface area (Å²) in [5.74, 6) is -3.71. The third-order valence-corrected chi connectivity index (χ3v) is 3.51. The molecule has 0 amide bonds. The van der Waals surface area contributed by atoms with Gasteiger partial charge in [-0.2, -0.15) is 0 Å². The summed E-state index contributed by atoms with van der Waals surface area (Å²) in [4.78, 5) is 36.0. The third kappa shape index (κ3) is 4.07. The summed E-state index contributed by atoms with van der Waals surface area (Å²) in [6.45, 7) is 0.302. The first-order valence-corrected chi connectivity index (χ1v) is 7.19. The second kappa shape index (κ2) is 7.08. The summed E-state index contributed by atoms with van der Waals surface area (Å²) in [6.07, 6.45) is 1.03. The number of carbonyl (C=O) groups is 3. The number of carboxylic acids is 1. The van der Waals surface area contributed by atoms with E-state index in [0.29, 0.717) is 6.54 Å². The van der Waals surface area contributed by atoms with Crippen molar-refractivity contribution < 1.29 is 23.9 Å². The van der Waals surface area contributed by atoms with Crippen LogP contribution in [0.5, 0.6) is 0 Å². The molecule has 0 saturated carbocycles. The number of anilines is 1. The van der Waals surface area contributed by atoms with Gasteiger partial charge in [0.15, 0.2) is 5.78 Å². The van der Waals surface area contributed by atoms with Crippen LogP contribution in [0.4, 0.5) is 10.1 Å². The maximum absolute atomic E-state index is 13.0. The van der Waals surface area contributed by atoms with Crippen molar-refractivity contribution in [3.63, 3.8) is 0 Å². The summed E-state index contributed by atoms with van der Waals surface area (Å²) in [7, 11) is 3.60. The first-order chi connectivity index (χ1) is 11.3. The van der Waals surface area contributed by atoms with E-state index in [9.17, 15) is 18.8 Å². The van der Waals surface area contributed by atoms with Gasteiger partial charge in [0.2, 0.25) is 5.78 Å². The molecule has 0 aliphatic carbocycles. The molecule has 0 aliphatic heterocycles. The number of halogens is 1. The lowest BCUT2D eigenvalue weighted by Crippen LogP contribution is -2.19. The van der Waals surface area contributed by atoms with Crippen molar-refractivity contribution in [2.45, 2.75) is 13.0 Å². The summed E-state index contributed by atoms with van der Waals surface area (Å²) >= 11 is 0. The van der Waals surface area contributed by atoms with Crippen LogP contribution in [-0.2, 0) is 16.1 Å². The van der Waals surface area contributed by atoms with E-state index in [1.165, 1.54) is 12.1 Å². The fraction of sp³-hybridized carbons (Fsp3) is 0.235. The smallest absolute Gasteiger partial charge is 0.372 e. The predicted octanol–water partition coefficient (Wildman–Crippen LogP) is 1.97. The van der Waals surface area contributed by atoms with Crippen LogP contribution in [0.1, 0.15) is 22.5 Å². The molecule has 2 aromatic rings. The van der Waals surface area contributed by atoms with Gasteiger partial charge in [0.05, 0.1) is 17.8 Å². The van der Waals surface area contributed by atoms with Gasteiger partial charge in [-0.3, -0.25) is 9.59 Å². The molecule has 126 valence electrons. The topological polar surface area (TPSA) is 79.6 Å². The molecule has 0 spiro atoms. The molecule has 1 aromatic carbocycles. The van der Waals surface area contributed by atoms with Gasteiger partial charge in [-0.1, -0.05) is 12.1 Å². The number of nitrogens with zero attached hydrogens (tertiary/aromatic N) is 2. The Morgan fingerprint density at radius 2 is 1.79 bits per heavy atom. The minimum absolute atomic E-state index is 0.234. The number of hydrogen-bond donors (Lipinski definition) is 1. The molecule has 7 heteroatoms. The standard InChI is InChI=1S/C17H17FN2O4/c1-19(2)13-7-14(15(21)8-16(22)17(23)24)20(10-13)9-11-3-5-12(18)6-4-11/h3-7,10H,8-9H2,1-2H3,(H,23,24). The van der Waals surface area contributed by atoms with Gasteiger partial charge in [-0.05, 0) is 23.8 Å². The summed E-state index contributed by atoms with van der Waals surface area (Å²) in [5.41, 5.74) is 1.75. The van der Waals surface area contributed by atoms with Crippen molar-refractivity contribution in [1.82, 2.24) is 4.57 Å². The molecule has 1 N–H and O–H groups in total. The molecular weight excluding hydrogens is 315 g/mol. The van der Waals surface area contributed by atoms with Crippen molar-refractivity contribution >= 4 is 23.2 Å². The number of rotatable bonds is 7. The second-order valence-electron chi connectivity index (χ2n) is 5.56. The van der Waals surface area contributed by atoms with Crippen LogP contribution in [-0.4, -0.2) is 41.3 Å². The molecule has 0 fully saturated rings. The van der Waals surface area contributed by atoms with E-state index in [1.54, 1.807) is 48.0 Å². The molecule has 0 aliphatic rings. The van der Waals surface area contributed by atoms with Crippen LogP contribution < -0.4 is 4.90 Å². The van der Waals surface area contributed by atoms with Gasteiger partial charge >= 0.3 is 5.97 Å². The van der Waals surface area contributed by atoms with Crippen molar-refractivity contribution in [1.29, 1.82) is 0 Å². The van der Waals surface area contributed by atoms with Crippen LogP contribution in [0.25, 0.3) is 0 Å². The molecule has 24 heavy (non-hydrogen) atoms. The zero-order valence-electron chi connectivity index (χ0n) is 13.3. The Labute approximate surface area is 138 Å². The average molecular weight is 332 g/mol. The van der Waals surface area contributed by atoms with Gasteiger partial charge in [0.1, 0.15) is 5.82 Å². The zero-order chi connectivity index (χ0) is 17.9. The molecule has 1 aromatic heterocycles. The van der Waals surface area contributed by atoms with E-state index < -0.39 is 24.0 Å². The van der Waals surface area contributed by atoms with Gasteiger partial charge < -0.3 is 14.6 Å². The lowest BCUT2D eigenvalue weighted by Gasteiger charge is -2.09. The number of ketones is 2. The maximum atomic E-state index is 13.0. The van der Waals surface area contributed by atoms with Crippen molar-refractivity contribution in [2.24, 2.45) is 0 Å². The quantitative estimate of drug-likeness (QED) is 0.476. The zero-order valence-corrected chi connectivity index (χ0v) is 13.3. The number of aromatic nitrogens is 1. The average Bonchev–Trinajstić information content (AvgIpc) is 2.93. The molecule has 0 atom stereocenters. The van der Waals surface area contributed by atoms with Gasteiger partial charge in [-0.25, -0.2) is 9.18 Å². The summed E-state index contributed by atoms with van der Waals surface area (Å²) in [5, 5.41) is 8.65. The second-order valence-corrected chi connectivity index (χ2v) is 5.56. The van der Waals surface area contributed by atoms with E-state index in [1.807, 2.05) is 0 Å². The molecule has 0 radical (unpaired) electrons. The van der Waals surface area contributed by atoms with Crippen LogP contribution in [0.2, 0.25) is 0 Å². The highest BCUT2D eigenvalue weighted by molar-refractivity contribution is 6.37. The van der Waals surface area contributed by atoms with E-state index in [2.05, 4.69) is 0 Å². The van der Waals surface area contributed by atoms with E-state index in [4.69, 9.17) is 5.11 Å². The molecule has 0 unspecified atom stereocenters. The Hall–Kier alpha value is -2.96. The summed E-state index contributed by atoms with van der Waals surface area (Å²) in [6, 6.07) is 7.44. The number of carboxylic acid groups (broad SMARTS) is 1. The van der Waals surface area contributed by atoms with Gasteiger partial charge in [-0.15, -0.1) is 0 Å². The lowest BCUT2D eigenvalue weighted by atomic mass is 10.1. The van der Waals surface area contributed by atoms with Crippen LogP contribution in [0.15, 0.2) is 36.5 Å².